The Hall–Kier alpha value is -6.94. The molecule has 0 aliphatic heterocycles. The lowest BCUT2D eigenvalue weighted by Gasteiger charge is -2.28. The van der Waals surface area contributed by atoms with E-state index in [4.69, 9.17) is 4.42 Å². The van der Waals surface area contributed by atoms with Gasteiger partial charge in [0, 0.05) is 47.9 Å². The summed E-state index contributed by atoms with van der Waals surface area (Å²) in [4.78, 5) is 2.40. The molecule has 0 aliphatic rings. The quantitative estimate of drug-likeness (QED) is 0.170. The van der Waals surface area contributed by atoms with Crippen LogP contribution in [0, 0.1) is 0 Å². The van der Waals surface area contributed by atoms with Crippen molar-refractivity contribution in [3.8, 4) is 33.4 Å². The van der Waals surface area contributed by atoms with Gasteiger partial charge in [0.25, 0.3) is 0 Å². The van der Waals surface area contributed by atoms with Crippen LogP contribution in [0.2, 0.25) is 0 Å². The van der Waals surface area contributed by atoms with E-state index in [0.717, 1.165) is 50.1 Å². The van der Waals surface area contributed by atoms with Crippen LogP contribution in [0.25, 0.3) is 86.3 Å². The standard InChI is InChI=1S/C52H33NOS/c1-2-11-36-30-38(21-20-34(36)10-1)35-22-26-41(27-23-35)53(42-13-9-12-37(31-42)39-24-28-46-45-16-5-8-19-51(45)55-52(46)33-39)48-17-6-3-14-43(48)40-25-29-50-47(32-40)44-15-4-7-18-49(44)54-50/h1-33H. The normalized spacial score (nSPS) is 11.6. The molecule has 3 heteroatoms. The molecule has 0 bridgehead atoms. The van der Waals surface area contributed by atoms with Gasteiger partial charge in [-0.3, -0.25) is 0 Å². The Morgan fingerprint density at radius 3 is 1.95 bits per heavy atom. The smallest absolute Gasteiger partial charge is 0.135 e. The van der Waals surface area contributed by atoms with E-state index in [0.29, 0.717) is 0 Å². The number of fused-ring (bicyclic) bond motifs is 7. The van der Waals surface area contributed by atoms with Gasteiger partial charge in [0.15, 0.2) is 0 Å². The van der Waals surface area contributed by atoms with E-state index >= 15 is 0 Å². The van der Waals surface area contributed by atoms with E-state index in [1.165, 1.54) is 53.2 Å². The summed E-state index contributed by atoms with van der Waals surface area (Å²) in [6, 6.07) is 72.4. The third kappa shape index (κ3) is 5.48. The highest BCUT2D eigenvalue weighted by Gasteiger charge is 2.19. The molecule has 0 radical (unpaired) electrons. The van der Waals surface area contributed by atoms with Gasteiger partial charge in [-0.25, -0.2) is 0 Å². The summed E-state index contributed by atoms with van der Waals surface area (Å²) in [5, 5.41) is 7.37. The lowest BCUT2D eigenvalue weighted by molar-refractivity contribution is 0.669. The van der Waals surface area contributed by atoms with Gasteiger partial charge in [0.1, 0.15) is 11.2 Å². The molecule has 0 unspecified atom stereocenters. The fourth-order valence-corrected chi connectivity index (χ4v) is 9.28. The fourth-order valence-electron chi connectivity index (χ4n) is 8.14. The molecular weight excluding hydrogens is 687 g/mol. The lowest BCUT2D eigenvalue weighted by Crippen LogP contribution is -2.11. The first-order valence-corrected chi connectivity index (χ1v) is 19.5. The van der Waals surface area contributed by atoms with Crippen LogP contribution in [0.15, 0.2) is 205 Å². The maximum atomic E-state index is 6.22. The highest BCUT2D eigenvalue weighted by molar-refractivity contribution is 7.25. The minimum Gasteiger partial charge on any atom is -0.456 e. The van der Waals surface area contributed by atoms with E-state index in [1.807, 2.05) is 23.5 Å². The molecule has 0 saturated carbocycles. The SMILES string of the molecule is c1cc(-c2ccc3c(c2)sc2ccccc23)cc(N(c2ccc(-c3ccc4ccccc4c3)cc2)c2ccccc2-c2ccc3oc4ccccc4c3c2)c1. The molecule has 11 aromatic rings. The molecule has 0 saturated heterocycles. The molecule has 0 fully saturated rings. The van der Waals surface area contributed by atoms with Crippen LogP contribution in [0.3, 0.4) is 0 Å². The van der Waals surface area contributed by atoms with Gasteiger partial charge in [-0.15, -0.1) is 11.3 Å². The summed E-state index contributed by atoms with van der Waals surface area (Å²) in [5.74, 6) is 0. The first-order valence-electron chi connectivity index (χ1n) is 18.7. The molecular formula is C52H33NOS. The molecule has 11 rings (SSSR count). The Bertz CT molecular complexity index is 3220. The Morgan fingerprint density at radius 2 is 1.02 bits per heavy atom. The van der Waals surface area contributed by atoms with Crippen molar-refractivity contribution in [2.75, 3.05) is 4.90 Å². The van der Waals surface area contributed by atoms with Gasteiger partial charge in [-0.2, -0.15) is 0 Å². The van der Waals surface area contributed by atoms with Gasteiger partial charge < -0.3 is 9.32 Å². The highest BCUT2D eigenvalue weighted by atomic mass is 32.1. The van der Waals surface area contributed by atoms with Gasteiger partial charge in [-0.1, -0.05) is 133 Å². The van der Waals surface area contributed by atoms with Crippen LogP contribution in [0.1, 0.15) is 0 Å². The third-order valence-corrected chi connectivity index (χ3v) is 12.0. The van der Waals surface area contributed by atoms with Gasteiger partial charge in [0.2, 0.25) is 0 Å². The van der Waals surface area contributed by atoms with Crippen LogP contribution in [0.5, 0.6) is 0 Å². The summed E-state index contributed by atoms with van der Waals surface area (Å²) in [6.45, 7) is 0. The molecule has 55 heavy (non-hydrogen) atoms. The average molecular weight is 720 g/mol. The number of rotatable bonds is 6. The summed E-state index contributed by atoms with van der Waals surface area (Å²) in [6.07, 6.45) is 0. The van der Waals surface area contributed by atoms with Crippen molar-refractivity contribution in [2.45, 2.75) is 0 Å². The molecule has 258 valence electrons. The summed E-state index contributed by atoms with van der Waals surface area (Å²) in [5.41, 5.74) is 12.1. The zero-order valence-electron chi connectivity index (χ0n) is 29.8. The zero-order chi connectivity index (χ0) is 36.3. The molecule has 2 heterocycles. The van der Waals surface area contributed by atoms with Crippen molar-refractivity contribution >= 4 is 81.3 Å². The van der Waals surface area contributed by atoms with Crippen molar-refractivity contribution in [2.24, 2.45) is 0 Å². The highest BCUT2D eigenvalue weighted by Crippen LogP contribution is 2.44. The average Bonchev–Trinajstić information content (AvgIpc) is 3.82. The number of para-hydroxylation sites is 2. The second kappa shape index (κ2) is 12.9. The van der Waals surface area contributed by atoms with Crippen molar-refractivity contribution in [1.82, 2.24) is 0 Å². The predicted octanol–water partition coefficient (Wildman–Crippen LogP) is 15.6. The predicted molar refractivity (Wildman–Crippen MR) is 235 cm³/mol. The molecule has 2 nitrogen and oxygen atoms in total. The zero-order valence-corrected chi connectivity index (χ0v) is 30.6. The number of hydrogen-bond donors (Lipinski definition) is 0. The molecule has 9 aromatic carbocycles. The van der Waals surface area contributed by atoms with Crippen LogP contribution in [-0.2, 0) is 0 Å². The number of anilines is 3. The Balaban J connectivity index is 1.06. The van der Waals surface area contributed by atoms with Crippen LogP contribution >= 0.6 is 11.3 Å². The number of furan rings is 1. The largest absolute Gasteiger partial charge is 0.456 e. The van der Waals surface area contributed by atoms with Gasteiger partial charge in [0.05, 0.1) is 5.69 Å². The monoisotopic (exact) mass is 719 g/mol. The van der Waals surface area contributed by atoms with E-state index in [-0.39, 0.29) is 0 Å². The van der Waals surface area contributed by atoms with Crippen LogP contribution in [-0.4, -0.2) is 0 Å². The summed E-state index contributed by atoms with van der Waals surface area (Å²) >= 11 is 1.86. The number of thiophene rings is 1. The Morgan fingerprint density at radius 1 is 0.345 bits per heavy atom. The van der Waals surface area contributed by atoms with Crippen LogP contribution in [0.4, 0.5) is 17.1 Å². The lowest BCUT2D eigenvalue weighted by atomic mass is 9.98. The topological polar surface area (TPSA) is 16.4 Å². The minimum absolute atomic E-state index is 0.895. The molecule has 0 amide bonds. The van der Waals surface area contributed by atoms with Crippen molar-refractivity contribution in [1.29, 1.82) is 0 Å². The van der Waals surface area contributed by atoms with E-state index < -0.39 is 0 Å². The second-order valence-corrected chi connectivity index (χ2v) is 15.2. The van der Waals surface area contributed by atoms with Gasteiger partial charge in [-0.05, 0) is 105 Å². The maximum absolute atomic E-state index is 6.22. The summed E-state index contributed by atoms with van der Waals surface area (Å²) in [7, 11) is 0. The maximum Gasteiger partial charge on any atom is 0.135 e. The van der Waals surface area contributed by atoms with Crippen molar-refractivity contribution in [3.63, 3.8) is 0 Å². The fraction of sp³-hybridized carbons (Fsp3) is 0. The van der Waals surface area contributed by atoms with Crippen molar-refractivity contribution in [3.05, 3.63) is 200 Å². The number of benzene rings is 9. The van der Waals surface area contributed by atoms with Crippen molar-refractivity contribution < 1.29 is 4.42 Å². The van der Waals surface area contributed by atoms with E-state index in [9.17, 15) is 0 Å². The van der Waals surface area contributed by atoms with E-state index in [2.05, 4.69) is 193 Å². The Labute approximate surface area is 322 Å². The first kappa shape index (κ1) is 31.6. The van der Waals surface area contributed by atoms with Gasteiger partial charge >= 0.3 is 0 Å². The second-order valence-electron chi connectivity index (χ2n) is 14.1. The first-order chi connectivity index (χ1) is 27.2. The number of hydrogen-bond acceptors (Lipinski definition) is 3. The third-order valence-electron chi connectivity index (χ3n) is 10.9. The van der Waals surface area contributed by atoms with Crippen LogP contribution < -0.4 is 4.90 Å². The Kier molecular flexibility index (Phi) is 7.39. The molecule has 0 N–H and O–H groups in total. The minimum atomic E-state index is 0.895. The summed E-state index contributed by atoms with van der Waals surface area (Å²) < 4.78 is 8.84. The molecule has 0 spiro atoms. The number of nitrogens with zero attached hydrogens (tertiary/aromatic N) is 1. The van der Waals surface area contributed by atoms with E-state index in [1.54, 1.807) is 0 Å². The molecule has 0 atom stereocenters. The molecule has 2 aromatic heterocycles. The molecule has 0 aliphatic carbocycles.